The van der Waals surface area contributed by atoms with Crippen LogP contribution in [0.4, 0.5) is 5.82 Å². The van der Waals surface area contributed by atoms with Gasteiger partial charge in [-0.3, -0.25) is 0 Å². The van der Waals surface area contributed by atoms with E-state index in [1.165, 1.54) is 11.2 Å². The number of aryl methyl sites for hydroxylation is 1. The zero-order valence-corrected chi connectivity index (χ0v) is 12.8. The number of anilines is 1. The van der Waals surface area contributed by atoms with Crippen LogP contribution >= 0.6 is 11.3 Å². The van der Waals surface area contributed by atoms with Crippen LogP contribution in [0.15, 0.2) is 23.8 Å². The van der Waals surface area contributed by atoms with Gasteiger partial charge < -0.3 is 10.4 Å². The van der Waals surface area contributed by atoms with Crippen molar-refractivity contribution in [1.82, 2.24) is 19.6 Å². The maximum atomic E-state index is 9.33. The SMILES string of the molecule is Cc1nc2ncnn2c(N[C@H](CCO)c2cccs2)c1C. The number of nitrogens with zero attached hydrogens (tertiary/aromatic N) is 4. The van der Waals surface area contributed by atoms with Gasteiger partial charge in [0.05, 0.1) is 6.04 Å². The summed E-state index contributed by atoms with van der Waals surface area (Å²) in [7, 11) is 0. The molecule has 0 amide bonds. The fraction of sp³-hybridized carbons (Fsp3) is 0.357. The molecule has 3 aromatic rings. The zero-order valence-electron chi connectivity index (χ0n) is 11.9. The van der Waals surface area contributed by atoms with Crippen molar-refractivity contribution in [3.05, 3.63) is 40.0 Å². The van der Waals surface area contributed by atoms with Crippen LogP contribution in [0, 0.1) is 13.8 Å². The van der Waals surface area contributed by atoms with Gasteiger partial charge in [-0.05, 0) is 31.7 Å². The van der Waals surface area contributed by atoms with Crippen LogP contribution < -0.4 is 5.32 Å². The van der Waals surface area contributed by atoms with E-state index in [-0.39, 0.29) is 12.6 Å². The molecule has 0 aliphatic heterocycles. The molecule has 2 N–H and O–H groups in total. The maximum Gasteiger partial charge on any atom is 0.254 e. The van der Waals surface area contributed by atoms with Gasteiger partial charge in [0.25, 0.3) is 5.78 Å². The van der Waals surface area contributed by atoms with Gasteiger partial charge in [-0.2, -0.15) is 14.6 Å². The lowest BCUT2D eigenvalue weighted by atomic mass is 10.1. The summed E-state index contributed by atoms with van der Waals surface area (Å²) in [6.45, 7) is 4.09. The lowest BCUT2D eigenvalue weighted by Gasteiger charge is -2.20. The Morgan fingerprint density at radius 1 is 1.43 bits per heavy atom. The van der Waals surface area contributed by atoms with Gasteiger partial charge in [-0.25, -0.2) is 4.98 Å². The van der Waals surface area contributed by atoms with Gasteiger partial charge in [0, 0.05) is 22.7 Å². The van der Waals surface area contributed by atoms with Crippen molar-refractivity contribution in [1.29, 1.82) is 0 Å². The third-order valence-electron chi connectivity index (χ3n) is 3.52. The van der Waals surface area contributed by atoms with Gasteiger partial charge in [0.2, 0.25) is 0 Å². The highest BCUT2D eigenvalue weighted by atomic mass is 32.1. The zero-order chi connectivity index (χ0) is 14.8. The number of hydrogen-bond acceptors (Lipinski definition) is 6. The molecule has 3 aromatic heterocycles. The average Bonchev–Trinajstić information content (AvgIpc) is 3.13. The van der Waals surface area contributed by atoms with Crippen LogP contribution in [0.2, 0.25) is 0 Å². The topological polar surface area (TPSA) is 75.3 Å². The Bertz CT molecular complexity index is 737. The molecule has 0 spiro atoms. The number of nitrogens with one attached hydrogen (secondary N) is 1. The third-order valence-corrected chi connectivity index (χ3v) is 4.51. The molecule has 21 heavy (non-hydrogen) atoms. The molecule has 0 aliphatic rings. The molecule has 0 bridgehead atoms. The van der Waals surface area contributed by atoms with E-state index in [4.69, 9.17) is 0 Å². The van der Waals surface area contributed by atoms with Crippen LogP contribution in [0.3, 0.4) is 0 Å². The molecule has 0 fully saturated rings. The summed E-state index contributed by atoms with van der Waals surface area (Å²) >= 11 is 1.67. The summed E-state index contributed by atoms with van der Waals surface area (Å²) in [5, 5.41) is 19.1. The Labute approximate surface area is 126 Å². The fourth-order valence-electron chi connectivity index (χ4n) is 2.27. The lowest BCUT2D eigenvalue weighted by Crippen LogP contribution is -2.16. The van der Waals surface area contributed by atoms with Crippen molar-refractivity contribution in [3.63, 3.8) is 0 Å². The number of hydrogen-bond donors (Lipinski definition) is 2. The van der Waals surface area contributed by atoms with E-state index >= 15 is 0 Å². The molecule has 1 atom stereocenters. The highest BCUT2D eigenvalue weighted by Gasteiger charge is 2.17. The smallest absolute Gasteiger partial charge is 0.254 e. The van der Waals surface area contributed by atoms with Gasteiger partial charge >= 0.3 is 0 Å². The molecule has 3 heterocycles. The Kier molecular flexibility index (Phi) is 3.85. The molecule has 0 saturated carbocycles. The summed E-state index contributed by atoms with van der Waals surface area (Å²) in [5.74, 6) is 1.45. The minimum atomic E-state index is 0.0444. The third kappa shape index (κ3) is 2.62. The van der Waals surface area contributed by atoms with E-state index in [0.29, 0.717) is 12.2 Å². The highest BCUT2D eigenvalue weighted by Crippen LogP contribution is 2.28. The van der Waals surface area contributed by atoms with Crippen LogP contribution in [-0.4, -0.2) is 31.3 Å². The Morgan fingerprint density at radius 3 is 3.00 bits per heavy atom. The van der Waals surface area contributed by atoms with Gasteiger partial charge in [0.1, 0.15) is 12.1 Å². The van der Waals surface area contributed by atoms with E-state index < -0.39 is 0 Å². The standard InChI is InChI=1S/C14H17N5OS/c1-9-10(2)17-14-15-8-16-19(14)13(9)18-11(5-6-20)12-4-3-7-21-12/h3-4,7-8,11,18,20H,5-6H2,1-2H3/t11-/m1/s1. The second kappa shape index (κ2) is 5.79. The number of aromatic nitrogens is 4. The predicted molar refractivity (Wildman–Crippen MR) is 82.6 cm³/mol. The minimum absolute atomic E-state index is 0.0444. The van der Waals surface area contributed by atoms with Crippen LogP contribution in [0.1, 0.15) is 28.6 Å². The quantitative estimate of drug-likeness (QED) is 0.756. The van der Waals surface area contributed by atoms with E-state index in [9.17, 15) is 5.11 Å². The van der Waals surface area contributed by atoms with Gasteiger partial charge in [0.15, 0.2) is 0 Å². The first-order chi connectivity index (χ1) is 10.2. The van der Waals surface area contributed by atoms with Gasteiger partial charge in [-0.1, -0.05) is 6.07 Å². The summed E-state index contributed by atoms with van der Waals surface area (Å²) < 4.78 is 1.71. The average molecular weight is 303 g/mol. The monoisotopic (exact) mass is 303 g/mol. The Morgan fingerprint density at radius 2 is 2.29 bits per heavy atom. The number of fused-ring (bicyclic) bond motifs is 1. The fourth-order valence-corrected chi connectivity index (χ4v) is 3.08. The normalized spacial score (nSPS) is 12.7. The first-order valence-corrected chi connectivity index (χ1v) is 7.66. The van der Waals surface area contributed by atoms with Crippen LogP contribution in [0.25, 0.3) is 5.78 Å². The molecule has 0 aliphatic carbocycles. The maximum absolute atomic E-state index is 9.33. The molecule has 110 valence electrons. The molecular formula is C14H17N5OS. The lowest BCUT2D eigenvalue weighted by molar-refractivity contribution is 0.280. The van der Waals surface area contributed by atoms with E-state index in [2.05, 4.69) is 26.4 Å². The second-order valence-corrected chi connectivity index (χ2v) is 5.85. The molecule has 0 unspecified atom stereocenters. The molecule has 0 aromatic carbocycles. The van der Waals surface area contributed by atoms with Crippen molar-refractivity contribution >= 4 is 22.9 Å². The first-order valence-electron chi connectivity index (χ1n) is 6.78. The van der Waals surface area contributed by atoms with Crippen molar-refractivity contribution < 1.29 is 5.11 Å². The predicted octanol–water partition coefficient (Wildman–Crippen LogP) is 2.34. The van der Waals surface area contributed by atoms with E-state index in [0.717, 1.165) is 17.1 Å². The summed E-state index contributed by atoms with van der Waals surface area (Å²) in [5.41, 5.74) is 1.96. The number of aliphatic hydroxyl groups excluding tert-OH is 1. The minimum Gasteiger partial charge on any atom is -0.396 e. The Balaban J connectivity index is 2.03. The van der Waals surface area contributed by atoms with Crippen molar-refractivity contribution in [3.8, 4) is 0 Å². The summed E-state index contributed by atoms with van der Waals surface area (Å²) in [6, 6.07) is 4.13. The number of thiophene rings is 1. The van der Waals surface area contributed by atoms with Crippen LogP contribution in [0.5, 0.6) is 0 Å². The second-order valence-electron chi connectivity index (χ2n) is 4.87. The molecular weight excluding hydrogens is 286 g/mol. The van der Waals surface area contributed by atoms with Crippen LogP contribution in [-0.2, 0) is 0 Å². The molecule has 7 heteroatoms. The number of aliphatic hydroxyl groups is 1. The molecule has 3 rings (SSSR count). The van der Waals surface area contributed by atoms with E-state index in [1.54, 1.807) is 15.9 Å². The van der Waals surface area contributed by atoms with Crippen molar-refractivity contribution in [2.45, 2.75) is 26.3 Å². The molecule has 0 radical (unpaired) electrons. The summed E-state index contributed by atoms with van der Waals surface area (Å²) in [4.78, 5) is 9.75. The first kappa shape index (κ1) is 14.0. The molecule has 0 saturated heterocycles. The van der Waals surface area contributed by atoms with Crippen molar-refractivity contribution in [2.75, 3.05) is 11.9 Å². The largest absolute Gasteiger partial charge is 0.396 e. The van der Waals surface area contributed by atoms with Gasteiger partial charge in [-0.15, -0.1) is 11.3 Å². The summed E-state index contributed by atoms with van der Waals surface area (Å²) in [6.07, 6.45) is 2.14. The highest BCUT2D eigenvalue weighted by molar-refractivity contribution is 7.10. The van der Waals surface area contributed by atoms with Crippen molar-refractivity contribution in [2.24, 2.45) is 0 Å². The van der Waals surface area contributed by atoms with E-state index in [1.807, 2.05) is 25.3 Å². The number of rotatable bonds is 5. The Hall–Kier alpha value is -1.99. The molecule has 6 nitrogen and oxygen atoms in total.